The second-order valence-electron chi connectivity index (χ2n) is 6.59. The number of nitrogens with zero attached hydrogens (tertiary/aromatic N) is 3. The van der Waals surface area contributed by atoms with Crippen LogP contribution >= 0.6 is 11.3 Å². The summed E-state index contributed by atoms with van der Waals surface area (Å²) in [5.74, 6) is 0.263. The molecule has 0 bridgehead atoms. The van der Waals surface area contributed by atoms with Crippen molar-refractivity contribution in [2.75, 3.05) is 0 Å². The van der Waals surface area contributed by atoms with Crippen LogP contribution in [0.25, 0.3) is 4.96 Å². The molecule has 0 aliphatic heterocycles. The monoisotopic (exact) mass is 356 g/mol. The van der Waals surface area contributed by atoms with Crippen LogP contribution in [0.4, 0.5) is 0 Å². The topological polar surface area (TPSA) is 79.5 Å². The van der Waals surface area contributed by atoms with Gasteiger partial charge in [0.2, 0.25) is 5.91 Å². The van der Waals surface area contributed by atoms with Gasteiger partial charge in [0, 0.05) is 42.1 Å². The Hall–Kier alpha value is -2.25. The summed E-state index contributed by atoms with van der Waals surface area (Å²) in [6.45, 7) is 0. The van der Waals surface area contributed by atoms with Crippen LogP contribution in [0.5, 0.6) is 0 Å². The number of aromatic nitrogens is 3. The molecule has 4 rings (SSSR count). The number of imidazole rings is 1. The number of thiazole rings is 1. The first-order valence-electron chi connectivity index (χ1n) is 8.46. The van der Waals surface area contributed by atoms with E-state index < -0.39 is 0 Å². The van der Waals surface area contributed by atoms with E-state index >= 15 is 0 Å². The minimum absolute atomic E-state index is 0.00506. The predicted molar refractivity (Wildman–Crippen MR) is 95.4 cm³/mol. The van der Waals surface area contributed by atoms with Crippen molar-refractivity contribution in [2.24, 2.45) is 5.92 Å². The zero-order chi connectivity index (χ0) is 17.2. The molecule has 6 nitrogen and oxygen atoms in total. The van der Waals surface area contributed by atoms with E-state index in [1.165, 1.54) is 0 Å². The number of nitrogens with one attached hydrogen (secondary N) is 1. The molecule has 1 atom stereocenters. The Balaban J connectivity index is 1.42. The van der Waals surface area contributed by atoms with Gasteiger partial charge in [-0.15, -0.1) is 11.3 Å². The number of hydrogen-bond acceptors (Lipinski definition) is 5. The van der Waals surface area contributed by atoms with Crippen molar-refractivity contribution in [1.29, 1.82) is 0 Å². The SMILES string of the molecule is O=C(Cc1cn2ccsc2n1)N[C@H](Cc1ccccn1)C1CC(O)C1. The van der Waals surface area contributed by atoms with E-state index in [-0.39, 0.29) is 24.5 Å². The molecule has 0 unspecified atom stereocenters. The van der Waals surface area contributed by atoms with Gasteiger partial charge in [0.05, 0.1) is 18.2 Å². The van der Waals surface area contributed by atoms with Crippen LogP contribution in [-0.4, -0.2) is 37.5 Å². The number of hydrogen-bond donors (Lipinski definition) is 2. The number of fused-ring (bicyclic) bond motifs is 1. The number of carbonyl (C=O) groups is 1. The van der Waals surface area contributed by atoms with E-state index in [0.29, 0.717) is 12.3 Å². The van der Waals surface area contributed by atoms with Gasteiger partial charge in [-0.1, -0.05) is 6.07 Å². The second kappa shape index (κ2) is 6.93. The van der Waals surface area contributed by atoms with Crippen molar-refractivity contribution in [3.05, 3.63) is 53.6 Å². The molecule has 1 aliphatic carbocycles. The van der Waals surface area contributed by atoms with Gasteiger partial charge in [-0.05, 0) is 30.9 Å². The van der Waals surface area contributed by atoms with Crippen molar-refractivity contribution in [3.8, 4) is 0 Å². The van der Waals surface area contributed by atoms with E-state index in [2.05, 4.69) is 15.3 Å². The average molecular weight is 356 g/mol. The second-order valence-corrected chi connectivity index (χ2v) is 7.46. The molecule has 2 N–H and O–H groups in total. The fourth-order valence-corrected chi connectivity index (χ4v) is 4.04. The number of aliphatic hydroxyl groups is 1. The Morgan fingerprint density at radius 1 is 1.40 bits per heavy atom. The van der Waals surface area contributed by atoms with Crippen molar-refractivity contribution in [2.45, 2.75) is 37.8 Å². The van der Waals surface area contributed by atoms with Gasteiger partial charge >= 0.3 is 0 Å². The van der Waals surface area contributed by atoms with Crippen LogP contribution in [0.3, 0.4) is 0 Å². The lowest BCUT2D eigenvalue weighted by atomic mass is 9.76. The smallest absolute Gasteiger partial charge is 0.226 e. The van der Waals surface area contributed by atoms with Gasteiger partial charge in [-0.2, -0.15) is 0 Å². The van der Waals surface area contributed by atoms with Gasteiger partial charge < -0.3 is 10.4 Å². The van der Waals surface area contributed by atoms with Gasteiger partial charge in [0.25, 0.3) is 0 Å². The van der Waals surface area contributed by atoms with Crippen molar-refractivity contribution in [1.82, 2.24) is 19.7 Å². The minimum atomic E-state index is -0.243. The van der Waals surface area contributed by atoms with E-state index in [1.807, 2.05) is 40.4 Å². The van der Waals surface area contributed by atoms with Gasteiger partial charge in [0.1, 0.15) is 0 Å². The standard InChI is InChI=1S/C18H20N4O2S/c23-15-7-12(8-15)16(9-13-3-1-2-4-19-13)21-17(24)10-14-11-22-5-6-25-18(22)20-14/h1-6,11-12,15-16,23H,7-10H2,(H,21,24)/t12?,15?,16-/m1/s1. The third-order valence-corrected chi connectivity index (χ3v) is 5.48. The summed E-state index contributed by atoms with van der Waals surface area (Å²) in [5.41, 5.74) is 1.73. The fourth-order valence-electron chi connectivity index (χ4n) is 3.32. The lowest BCUT2D eigenvalue weighted by Gasteiger charge is -2.38. The molecule has 130 valence electrons. The lowest BCUT2D eigenvalue weighted by molar-refractivity contribution is -0.122. The number of carbonyl (C=O) groups excluding carboxylic acids is 1. The maximum absolute atomic E-state index is 12.5. The minimum Gasteiger partial charge on any atom is -0.393 e. The van der Waals surface area contributed by atoms with Crippen LogP contribution in [0.1, 0.15) is 24.2 Å². The van der Waals surface area contributed by atoms with Crippen LogP contribution in [-0.2, 0) is 17.6 Å². The fraction of sp³-hybridized carbons (Fsp3) is 0.389. The van der Waals surface area contributed by atoms with Crippen molar-refractivity contribution in [3.63, 3.8) is 0 Å². The molecule has 1 saturated carbocycles. The zero-order valence-electron chi connectivity index (χ0n) is 13.7. The highest BCUT2D eigenvalue weighted by Crippen LogP contribution is 2.31. The molecule has 25 heavy (non-hydrogen) atoms. The van der Waals surface area contributed by atoms with Crippen molar-refractivity contribution >= 4 is 22.2 Å². The van der Waals surface area contributed by atoms with Gasteiger partial charge in [0.15, 0.2) is 4.96 Å². The molecule has 3 heterocycles. The summed E-state index contributed by atoms with van der Waals surface area (Å²) in [4.78, 5) is 22.2. The summed E-state index contributed by atoms with van der Waals surface area (Å²) in [5, 5.41) is 14.7. The molecule has 7 heteroatoms. The number of pyridine rings is 1. The average Bonchev–Trinajstić information content (AvgIpc) is 3.13. The lowest BCUT2D eigenvalue weighted by Crippen LogP contribution is -2.48. The maximum atomic E-state index is 12.5. The largest absolute Gasteiger partial charge is 0.393 e. The van der Waals surface area contributed by atoms with Crippen molar-refractivity contribution < 1.29 is 9.90 Å². The van der Waals surface area contributed by atoms with E-state index in [1.54, 1.807) is 17.5 Å². The Kier molecular flexibility index (Phi) is 4.50. The van der Waals surface area contributed by atoms with Crippen LogP contribution in [0.2, 0.25) is 0 Å². The number of amides is 1. The third kappa shape index (κ3) is 3.72. The summed E-state index contributed by atoms with van der Waals surface area (Å²) < 4.78 is 1.93. The van der Waals surface area contributed by atoms with Crippen LogP contribution in [0.15, 0.2) is 42.2 Å². The molecule has 3 aromatic heterocycles. The molecule has 0 saturated heterocycles. The highest BCUT2D eigenvalue weighted by Gasteiger charge is 2.35. The number of aliphatic hydroxyl groups excluding tert-OH is 1. The number of rotatable bonds is 6. The van der Waals surface area contributed by atoms with Gasteiger partial charge in [-0.25, -0.2) is 4.98 Å². The molecule has 3 aromatic rings. The van der Waals surface area contributed by atoms with E-state index in [0.717, 1.165) is 29.2 Å². The summed E-state index contributed by atoms with van der Waals surface area (Å²) >= 11 is 1.55. The Morgan fingerprint density at radius 3 is 3.00 bits per heavy atom. The predicted octanol–water partition coefficient (Wildman–Crippen LogP) is 1.83. The normalized spacial score (nSPS) is 21.0. The Morgan fingerprint density at radius 2 is 2.28 bits per heavy atom. The summed E-state index contributed by atoms with van der Waals surface area (Å²) in [6, 6.07) is 5.80. The van der Waals surface area contributed by atoms with E-state index in [9.17, 15) is 9.90 Å². The first kappa shape index (κ1) is 16.2. The molecule has 1 amide bonds. The zero-order valence-corrected chi connectivity index (χ0v) is 14.5. The molecule has 0 aromatic carbocycles. The molecule has 1 aliphatic rings. The maximum Gasteiger partial charge on any atom is 0.226 e. The molecule has 0 radical (unpaired) electrons. The third-order valence-electron chi connectivity index (χ3n) is 4.71. The Labute approximate surface area is 149 Å². The quantitative estimate of drug-likeness (QED) is 0.706. The summed E-state index contributed by atoms with van der Waals surface area (Å²) in [6.07, 6.45) is 7.77. The first-order chi connectivity index (χ1) is 12.2. The molecular weight excluding hydrogens is 336 g/mol. The van der Waals surface area contributed by atoms with Crippen LogP contribution in [0, 0.1) is 5.92 Å². The molecule has 0 spiro atoms. The highest BCUT2D eigenvalue weighted by molar-refractivity contribution is 7.15. The van der Waals surface area contributed by atoms with Crippen LogP contribution < -0.4 is 5.32 Å². The molecular formula is C18H20N4O2S. The Bertz CT molecular complexity index is 826. The van der Waals surface area contributed by atoms with Gasteiger partial charge in [-0.3, -0.25) is 14.2 Å². The first-order valence-corrected chi connectivity index (χ1v) is 9.34. The highest BCUT2D eigenvalue weighted by atomic mass is 32.1. The molecule has 1 fully saturated rings. The van der Waals surface area contributed by atoms with E-state index in [4.69, 9.17) is 0 Å². The summed E-state index contributed by atoms with van der Waals surface area (Å²) in [7, 11) is 0.